The summed E-state index contributed by atoms with van der Waals surface area (Å²) in [6, 6.07) is 14.5. The van der Waals surface area contributed by atoms with E-state index in [0.29, 0.717) is 12.4 Å². The van der Waals surface area contributed by atoms with Gasteiger partial charge in [0.1, 0.15) is 5.84 Å². The van der Waals surface area contributed by atoms with Gasteiger partial charge in [0.2, 0.25) is 0 Å². The lowest BCUT2D eigenvalue weighted by atomic mass is 9.97. The Kier molecular flexibility index (Phi) is 7.96. The van der Waals surface area contributed by atoms with Crippen LogP contribution in [0.15, 0.2) is 71.3 Å². The summed E-state index contributed by atoms with van der Waals surface area (Å²) in [5.74, 6) is 0.595. The highest BCUT2D eigenvalue weighted by atomic mass is 32.1. The van der Waals surface area contributed by atoms with Gasteiger partial charge in [0, 0.05) is 44.9 Å². The van der Waals surface area contributed by atoms with Crippen molar-refractivity contribution in [2.45, 2.75) is 59.5 Å². The second kappa shape index (κ2) is 11.3. The molecule has 3 heterocycles. The van der Waals surface area contributed by atoms with Gasteiger partial charge in [-0.15, -0.1) is 11.3 Å². The molecule has 0 spiro atoms. The molecule has 4 nitrogen and oxygen atoms in total. The van der Waals surface area contributed by atoms with Crippen molar-refractivity contribution in [3.05, 3.63) is 93.6 Å². The molecule has 0 atom stereocenters. The van der Waals surface area contributed by atoms with Gasteiger partial charge in [-0.2, -0.15) is 0 Å². The number of aliphatic imine (C=N–C) groups is 1. The number of allylic oxidation sites excluding steroid dienone is 2. The largest absolute Gasteiger partial charge is 0.383 e. The molecular weight excluding hydrogens is 436 g/mol. The number of rotatable bonds is 10. The lowest BCUT2D eigenvalue weighted by Crippen LogP contribution is -2.12. The summed E-state index contributed by atoms with van der Waals surface area (Å²) >= 11 is 1.74. The molecule has 2 N–H and O–H groups in total. The highest BCUT2D eigenvalue weighted by molar-refractivity contribution is 7.10. The normalized spacial score (nSPS) is 12.6. The summed E-state index contributed by atoms with van der Waals surface area (Å²) in [5, 5.41) is 3.36. The number of hydrogen-bond acceptors (Lipinski definition) is 3. The van der Waals surface area contributed by atoms with E-state index < -0.39 is 0 Å². The van der Waals surface area contributed by atoms with Gasteiger partial charge < -0.3 is 10.3 Å². The summed E-state index contributed by atoms with van der Waals surface area (Å²) in [5.41, 5.74) is 13.8. The Labute approximate surface area is 206 Å². The molecule has 1 aromatic carbocycles. The van der Waals surface area contributed by atoms with E-state index in [1.165, 1.54) is 51.9 Å². The molecule has 0 unspecified atom stereocenters. The third-order valence-corrected chi connectivity index (χ3v) is 7.30. The average Bonchev–Trinajstić information content (AvgIpc) is 3.45. The van der Waals surface area contributed by atoms with Crippen molar-refractivity contribution in [1.82, 2.24) is 9.55 Å². The molecule has 0 amide bonds. The van der Waals surface area contributed by atoms with Gasteiger partial charge in [-0.1, -0.05) is 56.2 Å². The van der Waals surface area contributed by atoms with Gasteiger partial charge in [-0.25, -0.2) is 0 Å². The monoisotopic (exact) mass is 470 g/mol. The third-order valence-electron chi connectivity index (χ3n) is 6.38. The fourth-order valence-electron chi connectivity index (χ4n) is 4.52. The zero-order valence-electron chi connectivity index (χ0n) is 20.4. The first kappa shape index (κ1) is 24.0. The zero-order chi connectivity index (χ0) is 23.9. The molecule has 4 rings (SSSR count). The molecular formula is C29H34N4S. The Bertz CT molecular complexity index is 1290. The van der Waals surface area contributed by atoms with E-state index in [0.717, 1.165) is 24.1 Å². The molecule has 34 heavy (non-hydrogen) atoms. The summed E-state index contributed by atoms with van der Waals surface area (Å²) in [4.78, 5) is 10.3. The Morgan fingerprint density at radius 3 is 2.76 bits per heavy atom. The highest BCUT2D eigenvalue weighted by Crippen LogP contribution is 2.34. The third kappa shape index (κ3) is 5.31. The first-order valence-electron chi connectivity index (χ1n) is 12.1. The molecule has 0 aliphatic heterocycles. The molecule has 3 aromatic heterocycles. The second-order valence-electron chi connectivity index (χ2n) is 8.70. The van der Waals surface area contributed by atoms with Crippen LogP contribution < -0.4 is 5.73 Å². The Balaban J connectivity index is 1.59. The van der Waals surface area contributed by atoms with Crippen LogP contribution in [0.2, 0.25) is 0 Å². The summed E-state index contributed by atoms with van der Waals surface area (Å²) < 4.78 is 2.42. The van der Waals surface area contributed by atoms with Crippen LogP contribution in [0.5, 0.6) is 0 Å². The number of thiophene rings is 1. The van der Waals surface area contributed by atoms with E-state index >= 15 is 0 Å². The molecule has 4 aromatic rings. The number of hydrogen-bond donors (Lipinski definition) is 1. The molecule has 0 bridgehead atoms. The molecule has 0 aliphatic rings. The predicted octanol–water partition coefficient (Wildman–Crippen LogP) is 7.34. The van der Waals surface area contributed by atoms with Gasteiger partial charge >= 0.3 is 0 Å². The number of aromatic nitrogens is 2. The van der Waals surface area contributed by atoms with Crippen LogP contribution in [0.4, 0.5) is 0 Å². The number of amidine groups is 1. The minimum atomic E-state index is 0.595. The Morgan fingerprint density at radius 1 is 1.18 bits per heavy atom. The Hall–Kier alpha value is -3.18. The molecule has 0 radical (unpaired) electrons. The first-order valence-corrected chi connectivity index (χ1v) is 13.0. The van der Waals surface area contributed by atoms with Crippen molar-refractivity contribution in [3.8, 4) is 0 Å². The number of pyridine rings is 1. The predicted molar refractivity (Wildman–Crippen MR) is 147 cm³/mol. The molecule has 5 heteroatoms. The number of nitrogens with two attached hydrogens (primary N) is 1. The molecule has 0 saturated carbocycles. The Morgan fingerprint density at radius 2 is 2.00 bits per heavy atom. The van der Waals surface area contributed by atoms with Crippen molar-refractivity contribution in [2.75, 3.05) is 0 Å². The van der Waals surface area contributed by atoms with E-state index in [1.54, 1.807) is 11.3 Å². The maximum absolute atomic E-state index is 6.32. The van der Waals surface area contributed by atoms with E-state index in [-0.39, 0.29) is 0 Å². The molecule has 0 aliphatic carbocycles. The van der Waals surface area contributed by atoms with Gasteiger partial charge in [-0.05, 0) is 50.0 Å². The van der Waals surface area contributed by atoms with Gasteiger partial charge in [0.15, 0.2) is 0 Å². The molecule has 176 valence electrons. The smallest absolute Gasteiger partial charge is 0.126 e. The summed E-state index contributed by atoms with van der Waals surface area (Å²) in [7, 11) is 0. The average molecular weight is 471 g/mol. The maximum Gasteiger partial charge on any atom is 0.126 e. The quantitative estimate of drug-likeness (QED) is 0.150. The fourth-order valence-corrected chi connectivity index (χ4v) is 5.38. The van der Waals surface area contributed by atoms with E-state index in [2.05, 4.69) is 71.0 Å². The highest BCUT2D eigenvalue weighted by Gasteiger charge is 2.18. The van der Waals surface area contributed by atoms with Crippen LogP contribution >= 0.6 is 11.3 Å². The van der Waals surface area contributed by atoms with Crippen LogP contribution in [0, 0.1) is 6.92 Å². The fraction of sp³-hybridized carbons (Fsp3) is 0.310. The number of fused-ring (bicyclic) bond motifs is 1. The maximum atomic E-state index is 6.32. The zero-order valence-corrected chi connectivity index (χ0v) is 21.2. The van der Waals surface area contributed by atoms with E-state index in [1.807, 2.05) is 30.6 Å². The van der Waals surface area contributed by atoms with Crippen LogP contribution in [-0.2, 0) is 13.1 Å². The SMILES string of the molecule is CC=C(CCCCC)c1c(C)n(Cc2cc(C(N)=NCc3ccccc3)cs2)c2ccncc12. The van der Waals surface area contributed by atoms with Crippen LogP contribution in [-0.4, -0.2) is 15.4 Å². The van der Waals surface area contributed by atoms with Crippen LogP contribution in [0.25, 0.3) is 16.5 Å². The van der Waals surface area contributed by atoms with Crippen LogP contribution in [0.3, 0.4) is 0 Å². The number of nitrogens with zero attached hydrogens (tertiary/aromatic N) is 3. The first-order chi connectivity index (χ1) is 16.6. The number of unbranched alkanes of at least 4 members (excludes halogenated alkanes) is 2. The molecule has 0 saturated heterocycles. The van der Waals surface area contributed by atoms with Crippen molar-refractivity contribution in [2.24, 2.45) is 10.7 Å². The molecule has 0 fully saturated rings. The number of benzene rings is 1. The lowest BCUT2D eigenvalue weighted by Gasteiger charge is -2.10. The minimum absolute atomic E-state index is 0.595. The van der Waals surface area contributed by atoms with E-state index in [4.69, 9.17) is 5.73 Å². The lowest BCUT2D eigenvalue weighted by molar-refractivity contribution is 0.734. The second-order valence-corrected chi connectivity index (χ2v) is 9.69. The van der Waals surface area contributed by atoms with Gasteiger partial charge in [0.05, 0.1) is 18.6 Å². The minimum Gasteiger partial charge on any atom is -0.383 e. The summed E-state index contributed by atoms with van der Waals surface area (Å²) in [6.07, 6.45) is 11.0. The van der Waals surface area contributed by atoms with Gasteiger partial charge in [0.25, 0.3) is 0 Å². The van der Waals surface area contributed by atoms with Crippen molar-refractivity contribution < 1.29 is 0 Å². The topological polar surface area (TPSA) is 56.2 Å². The van der Waals surface area contributed by atoms with Crippen molar-refractivity contribution >= 4 is 33.6 Å². The summed E-state index contributed by atoms with van der Waals surface area (Å²) in [6.45, 7) is 8.06. The van der Waals surface area contributed by atoms with Crippen molar-refractivity contribution in [3.63, 3.8) is 0 Å². The van der Waals surface area contributed by atoms with Crippen LogP contribution in [0.1, 0.15) is 66.8 Å². The van der Waals surface area contributed by atoms with Gasteiger partial charge in [-0.3, -0.25) is 9.98 Å². The standard InChI is InChI=1S/C29H34N4S/c1-4-6-8-13-23(5-2)28-21(3)33(27-14-15-31-18-26(27)28)19-25-16-24(20-34-25)29(30)32-17-22-11-9-7-10-12-22/h5,7,9-12,14-16,18,20H,4,6,8,13,17,19H2,1-3H3,(H2,30,32). The van der Waals surface area contributed by atoms with Crippen molar-refractivity contribution in [1.29, 1.82) is 0 Å². The van der Waals surface area contributed by atoms with E-state index in [9.17, 15) is 0 Å².